The summed E-state index contributed by atoms with van der Waals surface area (Å²) in [6.45, 7) is 1.23. The van der Waals surface area contributed by atoms with Crippen LogP contribution in [-0.4, -0.2) is 52.1 Å². The number of phenolic OH excluding ortho intramolecular Hbond substituents is 1. The summed E-state index contributed by atoms with van der Waals surface area (Å²) in [7, 11) is 1.92. The molecule has 0 bridgehead atoms. The first-order chi connectivity index (χ1) is 17.4. The van der Waals surface area contributed by atoms with Crippen molar-refractivity contribution in [3.63, 3.8) is 0 Å². The Balaban J connectivity index is 1.55. The van der Waals surface area contributed by atoms with Gasteiger partial charge in [0, 0.05) is 12.6 Å². The zero-order chi connectivity index (χ0) is 25.0. The van der Waals surface area contributed by atoms with Crippen molar-refractivity contribution in [3.05, 3.63) is 83.4 Å². The minimum absolute atomic E-state index is 0.0322. The summed E-state index contributed by atoms with van der Waals surface area (Å²) in [6, 6.07) is 17.7. The molecule has 6 rings (SSSR count). The highest BCUT2D eigenvalue weighted by atomic mass is 16.5. The Bertz CT molecular complexity index is 1540. The van der Waals surface area contributed by atoms with Gasteiger partial charge in [-0.15, -0.1) is 0 Å². The normalized spacial score (nSPS) is 19.0. The lowest BCUT2D eigenvalue weighted by molar-refractivity contribution is -0.132. The van der Waals surface area contributed by atoms with Crippen LogP contribution in [0.5, 0.6) is 11.5 Å². The van der Waals surface area contributed by atoms with Gasteiger partial charge in [-0.2, -0.15) is 0 Å². The summed E-state index contributed by atoms with van der Waals surface area (Å²) in [4.78, 5) is 37.6. The number of rotatable bonds is 3. The lowest BCUT2D eigenvalue weighted by atomic mass is 9.95. The summed E-state index contributed by atoms with van der Waals surface area (Å²) in [5, 5.41) is 21.6. The van der Waals surface area contributed by atoms with Gasteiger partial charge in [0.2, 0.25) is 5.95 Å². The second kappa shape index (κ2) is 8.16. The second-order valence-corrected chi connectivity index (χ2v) is 8.79. The van der Waals surface area contributed by atoms with E-state index >= 15 is 0 Å². The van der Waals surface area contributed by atoms with E-state index in [1.165, 1.54) is 17.0 Å². The van der Waals surface area contributed by atoms with E-state index in [9.17, 15) is 19.8 Å². The molecule has 0 radical (unpaired) electrons. The van der Waals surface area contributed by atoms with Crippen molar-refractivity contribution < 1.29 is 24.5 Å². The van der Waals surface area contributed by atoms with Crippen LogP contribution in [0.15, 0.2) is 72.3 Å². The van der Waals surface area contributed by atoms with Crippen LogP contribution in [0, 0.1) is 0 Å². The van der Waals surface area contributed by atoms with E-state index in [1.54, 1.807) is 36.4 Å². The summed E-state index contributed by atoms with van der Waals surface area (Å²) in [6.07, 6.45) is 0. The highest BCUT2D eigenvalue weighted by Crippen LogP contribution is 2.43. The van der Waals surface area contributed by atoms with Crippen molar-refractivity contribution in [1.29, 1.82) is 0 Å². The number of carbonyl (C=O) groups excluding carboxylic acids is 2. The van der Waals surface area contributed by atoms with E-state index in [0.717, 1.165) is 5.69 Å². The lowest BCUT2D eigenvalue weighted by Crippen LogP contribution is -2.30. The molecule has 180 valence electrons. The number of phenols is 1. The molecule has 0 spiro atoms. The highest BCUT2D eigenvalue weighted by molar-refractivity contribution is 6.51. The number of ketones is 1. The Morgan fingerprint density at radius 3 is 2.72 bits per heavy atom. The van der Waals surface area contributed by atoms with E-state index in [-0.39, 0.29) is 23.0 Å². The van der Waals surface area contributed by atoms with Gasteiger partial charge in [-0.3, -0.25) is 14.5 Å². The molecule has 0 aliphatic carbocycles. The molecule has 2 aliphatic heterocycles. The third-order valence-corrected chi connectivity index (χ3v) is 6.56. The number of anilines is 2. The number of aliphatic hydroxyl groups excluding tert-OH is 1. The van der Waals surface area contributed by atoms with E-state index in [1.807, 2.05) is 30.1 Å². The Hall–Kier alpha value is -4.79. The quantitative estimate of drug-likeness (QED) is 0.231. The van der Waals surface area contributed by atoms with Gasteiger partial charge in [0.1, 0.15) is 23.9 Å². The minimum atomic E-state index is -1.01. The molecule has 4 aromatic rings. The Morgan fingerprint density at radius 2 is 1.92 bits per heavy atom. The van der Waals surface area contributed by atoms with E-state index in [2.05, 4.69) is 9.97 Å². The van der Waals surface area contributed by atoms with Gasteiger partial charge < -0.3 is 24.8 Å². The number of nitrogens with zero attached hydrogens (tertiary/aromatic N) is 3. The number of carbonyl (C=O) groups is 2. The number of aromatic nitrogens is 2. The predicted molar refractivity (Wildman–Crippen MR) is 134 cm³/mol. The van der Waals surface area contributed by atoms with Gasteiger partial charge in [-0.1, -0.05) is 24.3 Å². The number of aliphatic hydroxyl groups is 1. The Morgan fingerprint density at radius 1 is 1.08 bits per heavy atom. The zero-order valence-corrected chi connectivity index (χ0v) is 19.3. The molecule has 9 heteroatoms. The Kier molecular flexibility index (Phi) is 4.92. The van der Waals surface area contributed by atoms with Gasteiger partial charge in [0.15, 0.2) is 0 Å². The van der Waals surface area contributed by atoms with Gasteiger partial charge in [-0.05, 0) is 48.0 Å². The first-order valence-corrected chi connectivity index (χ1v) is 11.5. The number of aromatic amines is 1. The maximum absolute atomic E-state index is 13.4. The molecule has 1 saturated heterocycles. The number of imidazole rings is 1. The van der Waals surface area contributed by atoms with Crippen LogP contribution in [0.1, 0.15) is 17.2 Å². The average Bonchev–Trinajstić information content (AvgIpc) is 3.42. The molecule has 3 N–H and O–H groups in total. The Labute approximate surface area is 205 Å². The molecule has 9 nitrogen and oxygen atoms in total. The second-order valence-electron chi connectivity index (χ2n) is 8.79. The number of nitrogens with one attached hydrogen (secondary N) is 1. The molecule has 0 saturated carbocycles. The standard InChI is InChI=1S/C27H22N4O5/c1-30-11-12-36-21-10-9-16(14-20(21)30)24(33)22-23(15-5-4-6-17(32)13-15)31(26(35)25(22)34)27-28-18-7-2-3-8-19(18)29-27/h2-10,13-14,23,32-33H,11-12H2,1H3,(H,28,29)/b24-22+. The van der Waals surface area contributed by atoms with Crippen LogP contribution in [-0.2, 0) is 9.59 Å². The number of hydrogen-bond acceptors (Lipinski definition) is 7. The SMILES string of the molecule is CN1CCOc2ccc(/C(O)=C3\C(=O)C(=O)N(c4nc5ccccc5[nH]4)C3c3cccc(O)c3)cc21. The van der Waals surface area contributed by atoms with Crippen molar-refractivity contribution >= 4 is 40.1 Å². The minimum Gasteiger partial charge on any atom is -0.508 e. The molecule has 2 aliphatic rings. The number of H-pyrrole nitrogens is 1. The average molecular weight is 482 g/mol. The van der Waals surface area contributed by atoms with Crippen molar-refractivity contribution in [2.24, 2.45) is 0 Å². The van der Waals surface area contributed by atoms with Crippen molar-refractivity contribution in [2.75, 3.05) is 30.0 Å². The molecule has 1 aromatic heterocycles. The van der Waals surface area contributed by atoms with Gasteiger partial charge >= 0.3 is 5.91 Å². The number of para-hydroxylation sites is 2. The largest absolute Gasteiger partial charge is 0.508 e. The molecule has 3 aromatic carbocycles. The third kappa shape index (κ3) is 3.36. The van der Waals surface area contributed by atoms with Gasteiger partial charge in [-0.25, -0.2) is 4.98 Å². The summed E-state index contributed by atoms with van der Waals surface area (Å²) >= 11 is 0. The van der Waals surface area contributed by atoms with Crippen LogP contribution in [0.25, 0.3) is 16.8 Å². The molecule has 1 unspecified atom stereocenters. The molecule has 36 heavy (non-hydrogen) atoms. The van der Waals surface area contributed by atoms with Crippen LogP contribution < -0.4 is 14.5 Å². The number of aromatic hydroxyl groups is 1. The predicted octanol–water partition coefficient (Wildman–Crippen LogP) is 3.72. The lowest BCUT2D eigenvalue weighted by Gasteiger charge is -2.28. The first-order valence-electron chi connectivity index (χ1n) is 11.5. The van der Waals surface area contributed by atoms with Crippen molar-refractivity contribution in [1.82, 2.24) is 9.97 Å². The molecular formula is C27H22N4O5. The fraction of sp³-hybridized carbons (Fsp3) is 0.148. The number of amides is 1. The summed E-state index contributed by atoms with van der Waals surface area (Å²) in [5.41, 5.74) is 2.83. The van der Waals surface area contributed by atoms with E-state index in [0.29, 0.717) is 41.1 Å². The maximum Gasteiger partial charge on any atom is 0.302 e. The summed E-state index contributed by atoms with van der Waals surface area (Å²) in [5.74, 6) is -1.18. The van der Waals surface area contributed by atoms with Crippen LogP contribution in [0.4, 0.5) is 11.6 Å². The molecule has 3 heterocycles. The maximum atomic E-state index is 13.4. The fourth-order valence-corrected chi connectivity index (χ4v) is 4.77. The third-order valence-electron chi connectivity index (χ3n) is 6.56. The first kappa shape index (κ1) is 21.7. The van der Waals surface area contributed by atoms with Gasteiger partial charge in [0.25, 0.3) is 5.78 Å². The van der Waals surface area contributed by atoms with Gasteiger partial charge in [0.05, 0.1) is 34.9 Å². The van der Waals surface area contributed by atoms with Crippen molar-refractivity contribution in [2.45, 2.75) is 6.04 Å². The highest BCUT2D eigenvalue weighted by Gasteiger charge is 2.48. The number of Topliss-reactive ketones (excluding diaryl/α,β-unsaturated/α-hetero) is 1. The van der Waals surface area contributed by atoms with Crippen LogP contribution >= 0.6 is 0 Å². The topological polar surface area (TPSA) is 119 Å². The molecule has 1 atom stereocenters. The number of likely N-dealkylation sites (N-methyl/N-ethyl adjacent to an activating group) is 1. The fourth-order valence-electron chi connectivity index (χ4n) is 4.77. The summed E-state index contributed by atoms with van der Waals surface area (Å²) < 4.78 is 5.69. The number of hydrogen-bond donors (Lipinski definition) is 3. The number of benzene rings is 3. The molecule has 1 fully saturated rings. The van der Waals surface area contributed by atoms with Crippen LogP contribution in [0.2, 0.25) is 0 Å². The van der Waals surface area contributed by atoms with E-state index in [4.69, 9.17) is 4.74 Å². The number of ether oxygens (including phenoxy) is 1. The monoisotopic (exact) mass is 482 g/mol. The zero-order valence-electron chi connectivity index (χ0n) is 19.3. The van der Waals surface area contributed by atoms with E-state index < -0.39 is 17.7 Å². The molecular weight excluding hydrogens is 460 g/mol. The smallest absolute Gasteiger partial charge is 0.302 e. The molecule has 1 amide bonds. The van der Waals surface area contributed by atoms with Crippen LogP contribution in [0.3, 0.4) is 0 Å². The van der Waals surface area contributed by atoms with Crippen molar-refractivity contribution in [3.8, 4) is 11.5 Å². The number of fused-ring (bicyclic) bond motifs is 2.